The van der Waals surface area contributed by atoms with Gasteiger partial charge in [0.25, 0.3) is 0 Å². The molecule has 2 aromatic heterocycles. The van der Waals surface area contributed by atoms with Gasteiger partial charge in [0.2, 0.25) is 5.91 Å². The van der Waals surface area contributed by atoms with Gasteiger partial charge >= 0.3 is 6.18 Å². The Labute approximate surface area is 130 Å². The molecule has 0 radical (unpaired) electrons. The average Bonchev–Trinajstić information content (AvgIpc) is 3.02. The summed E-state index contributed by atoms with van der Waals surface area (Å²) in [6, 6.07) is 5.60. The fourth-order valence-electron chi connectivity index (χ4n) is 1.65. The third-order valence-corrected chi connectivity index (χ3v) is 2.76. The standard InChI is InChI=1S/C15H14F3N3O2/c16-15(17,18)11-3-5-13(21-10-11)19-7-8-20-14(22)6-4-12-2-1-9-23-12/h1-6,9-10H,7-8H2,(H,19,21)(H,20,22). The van der Waals surface area contributed by atoms with Gasteiger partial charge < -0.3 is 15.1 Å². The molecule has 5 nitrogen and oxygen atoms in total. The maximum atomic E-state index is 12.4. The summed E-state index contributed by atoms with van der Waals surface area (Å²) in [5.74, 6) is 0.564. The van der Waals surface area contributed by atoms with E-state index in [1.54, 1.807) is 12.1 Å². The fourth-order valence-corrected chi connectivity index (χ4v) is 1.65. The molecule has 0 saturated carbocycles. The SMILES string of the molecule is O=C(C=Cc1ccco1)NCCNc1ccc(C(F)(F)F)cn1. The van der Waals surface area contributed by atoms with Crippen molar-refractivity contribution in [3.63, 3.8) is 0 Å². The van der Waals surface area contributed by atoms with Crippen molar-refractivity contribution in [3.8, 4) is 0 Å². The van der Waals surface area contributed by atoms with E-state index < -0.39 is 11.7 Å². The van der Waals surface area contributed by atoms with Crippen LogP contribution in [0.15, 0.2) is 47.2 Å². The Morgan fingerprint density at radius 2 is 2.09 bits per heavy atom. The maximum Gasteiger partial charge on any atom is 0.417 e. The van der Waals surface area contributed by atoms with Crippen LogP contribution in [-0.4, -0.2) is 24.0 Å². The molecule has 2 aromatic rings. The molecule has 2 heterocycles. The zero-order chi connectivity index (χ0) is 16.7. The Hall–Kier alpha value is -2.77. The number of aromatic nitrogens is 1. The minimum absolute atomic E-state index is 0.296. The number of anilines is 1. The van der Waals surface area contributed by atoms with Crippen LogP contribution in [0.3, 0.4) is 0 Å². The van der Waals surface area contributed by atoms with Crippen molar-refractivity contribution in [1.29, 1.82) is 0 Å². The van der Waals surface area contributed by atoms with Gasteiger partial charge in [-0.1, -0.05) is 0 Å². The Bertz CT molecular complexity index is 650. The number of nitrogens with one attached hydrogen (secondary N) is 2. The van der Waals surface area contributed by atoms with E-state index in [2.05, 4.69) is 15.6 Å². The van der Waals surface area contributed by atoms with Gasteiger partial charge in [-0.25, -0.2) is 4.98 Å². The van der Waals surface area contributed by atoms with Gasteiger partial charge in [0.15, 0.2) is 0 Å². The van der Waals surface area contributed by atoms with Crippen LogP contribution in [-0.2, 0) is 11.0 Å². The Morgan fingerprint density at radius 3 is 2.70 bits per heavy atom. The molecule has 0 atom stereocenters. The smallest absolute Gasteiger partial charge is 0.417 e. The summed E-state index contributed by atoms with van der Waals surface area (Å²) in [6.07, 6.45) is 0.709. The van der Waals surface area contributed by atoms with E-state index in [4.69, 9.17) is 4.42 Å². The van der Waals surface area contributed by atoms with Crippen molar-refractivity contribution in [1.82, 2.24) is 10.3 Å². The Kier molecular flexibility index (Phi) is 5.40. The van der Waals surface area contributed by atoms with Crippen molar-refractivity contribution >= 4 is 17.8 Å². The lowest BCUT2D eigenvalue weighted by Gasteiger charge is -2.08. The summed E-state index contributed by atoms with van der Waals surface area (Å²) >= 11 is 0. The van der Waals surface area contributed by atoms with Gasteiger partial charge in [-0.15, -0.1) is 0 Å². The van der Waals surface area contributed by atoms with E-state index in [-0.39, 0.29) is 5.91 Å². The molecule has 2 rings (SSSR count). The van der Waals surface area contributed by atoms with Gasteiger partial charge in [0.05, 0.1) is 11.8 Å². The Morgan fingerprint density at radius 1 is 1.26 bits per heavy atom. The van der Waals surface area contributed by atoms with E-state index in [9.17, 15) is 18.0 Å². The van der Waals surface area contributed by atoms with Crippen LogP contribution in [0.5, 0.6) is 0 Å². The van der Waals surface area contributed by atoms with Gasteiger partial charge in [0.1, 0.15) is 11.6 Å². The first-order valence-corrected chi connectivity index (χ1v) is 6.72. The van der Waals surface area contributed by atoms with E-state index in [1.807, 2.05) is 0 Å². The molecule has 1 amide bonds. The minimum atomic E-state index is -4.40. The molecule has 122 valence electrons. The molecular weight excluding hydrogens is 311 g/mol. The molecular formula is C15H14F3N3O2. The zero-order valence-electron chi connectivity index (χ0n) is 11.9. The van der Waals surface area contributed by atoms with Crippen LogP contribution in [0.25, 0.3) is 6.08 Å². The monoisotopic (exact) mass is 325 g/mol. The summed E-state index contributed by atoms with van der Waals surface area (Å²) < 4.78 is 42.1. The lowest BCUT2D eigenvalue weighted by Crippen LogP contribution is -2.27. The number of pyridine rings is 1. The predicted octanol–water partition coefficient (Wildman–Crippen LogP) is 2.93. The molecule has 0 bridgehead atoms. The van der Waals surface area contributed by atoms with Gasteiger partial charge in [0, 0.05) is 25.4 Å². The lowest BCUT2D eigenvalue weighted by molar-refractivity contribution is -0.137. The first kappa shape index (κ1) is 16.6. The molecule has 0 aliphatic rings. The van der Waals surface area contributed by atoms with Crippen molar-refractivity contribution in [2.45, 2.75) is 6.18 Å². The highest BCUT2D eigenvalue weighted by Gasteiger charge is 2.30. The number of carbonyl (C=O) groups is 1. The maximum absolute atomic E-state index is 12.4. The van der Waals surface area contributed by atoms with Crippen LogP contribution in [0.4, 0.5) is 19.0 Å². The average molecular weight is 325 g/mol. The third-order valence-electron chi connectivity index (χ3n) is 2.76. The topological polar surface area (TPSA) is 67.2 Å². The third kappa shape index (κ3) is 5.50. The van der Waals surface area contributed by atoms with E-state index in [0.717, 1.165) is 12.3 Å². The van der Waals surface area contributed by atoms with Crippen LogP contribution in [0.1, 0.15) is 11.3 Å². The summed E-state index contributed by atoms with van der Waals surface area (Å²) in [7, 11) is 0. The summed E-state index contributed by atoms with van der Waals surface area (Å²) in [5.41, 5.74) is -0.806. The first-order valence-electron chi connectivity index (χ1n) is 6.72. The molecule has 2 N–H and O–H groups in total. The summed E-state index contributed by atoms with van der Waals surface area (Å²) in [5, 5.41) is 5.43. The largest absolute Gasteiger partial charge is 0.465 e. The van der Waals surface area contributed by atoms with E-state index >= 15 is 0 Å². The van der Waals surface area contributed by atoms with Crippen LogP contribution in [0.2, 0.25) is 0 Å². The quantitative estimate of drug-likeness (QED) is 0.633. The predicted molar refractivity (Wildman–Crippen MR) is 78.5 cm³/mol. The first-order chi connectivity index (χ1) is 10.9. The fraction of sp³-hybridized carbons (Fsp3) is 0.200. The number of furan rings is 1. The molecule has 0 aliphatic carbocycles. The van der Waals surface area contributed by atoms with Crippen molar-refractivity contribution in [3.05, 3.63) is 54.1 Å². The van der Waals surface area contributed by atoms with Crippen molar-refractivity contribution in [2.75, 3.05) is 18.4 Å². The number of hydrogen-bond acceptors (Lipinski definition) is 4. The van der Waals surface area contributed by atoms with Crippen LogP contribution < -0.4 is 10.6 Å². The molecule has 23 heavy (non-hydrogen) atoms. The van der Waals surface area contributed by atoms with Gasteiger partial charge in [-0.3, -0.25) is 4.79 Å². The normalized spacial score (nSPS) is 11.6. The van der Waals surface area contributed by atoms with Gasteiger partial charge in [-0.05, 0) is 30.3 Å². The van der Waals surface area contributed by atoms with Crippen LogP contribution >= 0.6 is 0 Å². The number of hydrogen-bond donors (Lipinski definition) is 2. The second-order valence-electron chi connectivity index (χ2n) is 4.50. The molecule has 0 spiro atoms. The zero-order valence-corrected chi connectivity index (χ0v) is 11.9. The summed E-state index contributed by atoms with van der Waals surface area (Å²) in [6.45, 7) is 0.628. The molecule has 0 unspecified atom stereocenters. The molecule has 0 fully saturated rings. The molecule has 8 heteroatoms. The highest BCUT2D eigenvalue weighted by molar-refractivity contribution is 5.91. The number of carbonyl (C=O) groups excluding carboxylic acids is 1. The van der Waals surface area contributed by atoms with Crippen molar-refractivity contribution < 1.29 is 22.4 Å². The molecule has 0 saturated heterocycles. The van der Waals surface area contributed by atoms with E-state index in [1.165, 1.54) is 24.5 Å². The number of halogens is 3. The Balaban J connectivity index is 1.70. The van der Waals surface area contributed by atoms with Crippen molar-refractivity contribution in [2.24, 2.45) is 0 Å². The number of alkyl halides is 3. The number of amides is 1. The second-order valence-corrected chi connectivity index (χ2v) is 4.50. The second kappa shape index (κ2) is 7.48. The minimum Gasteiger partial charge on any atom is -0.465 e. The number of rotatable bonds is 6. The highest BCUT2D eigenvalue weighted by Crippen LogP contribution is 2.28. The highest BCUT2D eigenvalue weighted by atomic mass is 19.4. The number of nitrogens with zero attached hydrogens (tertiary/aromatic N) is 1. The van der Waals surface area contributed by atoms with Gasteiger partial charge in [-0.2, -0.15) is 13.2 Å². The summed E-state index contributed by atoms with van der Waals surface area (Å²) in [4.78, 5) is 15.2. The molecule has 0 aromatic carbocycles. The van der Waals surface area contributed by atoms with E-state index in [0.29, 0.717) is 24.7 Å². The lowest BCUT2D eigenvalue weighted by atomic mass is 10.3. The molecule has 0 aliphatic heterocycles. The van der Waals surface area contributed by atoms with Crippen LogP contribution in [0, 0.1) is 0 Å².